The summed E-state index contributed by atoms with van der Waals surface area (Å²) in [5, 5.41) is 1.12. The van der Waals surface area contributed by atoms with Gasteiger partial charge >= 0.3 is 6.09 Å². The van der Waals surface area contributed by atoms with Crippen LogP contribution in [-0.4, -0.2) is 43.4 Å². The maximum Gasteiger partial charge on any atom is 0.410 e. The minimum Gasteiger partial charge on any atom is -0.445 e. The molecule has 0 bridgehead atoms. The predicted molar refractivity (Wildman–Crippen MR) is 135 cm³/mol. The van der Waals surface area contributed by atoms with Crippen molar-refractivity contribution in [1.82, 2.24) is 24.3 Å². The van der Waals surface area contributed by atoms with Crippen molar-refractivity contribution in [2.75, 3.05) is 18.8 Å². The zero-order valence-electron chi connectivity index (χ0n) is 19.2. The summed E-state index contributed by atoms with van der Waals surface area (Å²) in [5.74, 6) is 1.61. The van der Waals surface area contributed by atoms with Crippen LogP contribution in [0.1, 0.15) is 30.1 Å². The van der Waals surface area contributed by atoms with Crippen LogP contribution in [0, 0.1) is 0 Å². The van der Waals surface area contributed by atoms with Gasteiger partial charge in [-0.25, -0.2) is 14.8 Å². The summed E-state index contributed by atoms with van der Waals surface area (Å²) in [4.78, 5) is 27.0. The number of ether oxygens (including phenoxy) is 1. The molecule has 8 nitrogen and oxygen atoms in total. The topological polar surface area (TPSA) is 102 Å². The molecule has 1 saturated heterocycles. The molecule has 1 fully saturated rings. The standard InChI is InChI=1S/C27H26N6O2/c28-25-24-23(21-6-7-22-20(16-21)8-11-29-22)31-26(33(24)15-12-30-25)19-9-13-32(14-10-19)27(34)35-17-18-4-2-1-3-5-18/h1-8,11-12,15-16,19,29H,9-10,13-14,17H2,(H2,28,30). The number of H-pyrrole nitrogens is 1. The molecule has 6 rings (SSSR count). The molecule has 0 radical (unpaired) electrons. The molecule has 0 spiro atoms. The lowest BCUT2D eigenvalue weighted by molar-refractivity contribution is 0.0866. The minimum absolute atomic E-state index is 0.201. The number of carbonyl (C=O) groups is 1. The number of likely N-dealkylation sites (tertiary alicyclic amines) is 1. The molecule has 35 heavy (non-hydrogen) atoms. The lowest BCUT2D eigenvalue weighted by Gasteiger charge is -2.30. The van der Waals surface area contributed by atoms with Crippen LogP contribution in [0.5, 0.6) is 0 Å². The van der Waals surface area contributed by atoms with E-state index in [1.807, 2.05) is 48.8 Å². The zero-order chi connectivity index (χ0) is 23.8. The number of hydrogen-bond acceptors (Lipinski definition) is 5. The molecule has 0 saturated carbocycles. The van der Waals surface area contributed by atoms with Crippen molar-refractivity contribution in [1.29, 1.82) is 0 Å². The van der Waals surface area contributed by atoms with E-state index in [4.69, 9.17) is 15.5 Å². The molecule has 0 atom stereocenters. The van der Waals surface area contributed by atoms with Gasteiger partial charge in [0.15, 0.2) is 0 Å². The number of anilines is 1. The molecule has 4 heterocycles. The summed E-state index contributed by atoms with van der Waals surface area (Å²) in [6, 6.07) is 18.0. The third-order valence-electron chi connectivity index (χ3n) is 6.76. The van der Waals surface area contributed by atoms with Crippen LogP contribution in [0.25, 0.3) is 27.7 Å². The third-order valence-corrected chi connectivity index (χ3v) is 6.76. The second kappa shape index (κ2) is 8.79. The Bertz CT molecular complexity index is 1500. The molecule has 1 amide bonds. The van der Waals surface area contributed by atoms with Crippen molar-refractivity contribution >= 4 is 28.3 Å². The van der Waals surface area contributed by atoms with E-state index < -0.39 is 0 Å². The first kappa shape index (κ1) is 21.2. The van der Waals surface area contributed by atoms with E-state index in [9.17, 15) is 4.79 Å². The number of hydrogen-bond donors (Lipinski definition) is 2. The molecule has 0 unspecified atom stereocenters. The Labute approximate surface area is 202 Å². The fourth-order valence-electron chi connectivity index (χ4n) is 4.91. The molecular weight excluding hydrogens is 440 g/mol. The van der Waals surface area contributed by atoms with Crippen LogP contribution in [0.15, 0.2) is 73.2 Å². The van der Waals surface area contributed by atoms with Crippen LogP contribution < -0.4 is 5.73 Å². The first-order valence-corrected chi connectivity index (χ1v) is 11.8. The molecule has 3 aromatic heterocycles. The number of nitrogens with zero attached hydrogens (tertiary/aromatic N) is 4. The van der Waals surface area contributed by atoms with Crippen LogP contribution in [0.3, 0.4) is 0 Å². The number of nitrogens with two attached hydrogens (primary N) is 1. The first-order chi connectivity index (χ1) is 17.2. The lowest BCUT2D eigenvalue weighted by atomic mass is 9.96. The van der Waals surface area contributed by atoms with Crippen LogP contribution >= 0.6 is 0 Å². The van der Waals surface area contributed by atoms with Crippen molar-refractivity contribution in [3.05, 3.63) is 84.6 Å². The molecule has 3 N–H and O–H groups in total. The van der Waals surface area contributed by atoms with E-state index >= 15 is 0 Å². The SMILES string of the molecule is Nc1nccn2c(C3CCN(C(=O)OCc4ccccc4)CC3)nc(-c3ccc4[nH]ccc4c3)c12. The molecular formula is C27H26N6O2. The molecule has 2 aromatic carbocycles. The number of amides is 1. The number of aromatic amines is 1. The highest BCUT2D eigenvalue weighted by atomic mass is 16.6. The second-order valence-electron chi connectivity index (χ2n) is 8.93. The number of nitrogens with one attached hydrogen (secondary N) is 1. The quantitative estimate of drug-likeness (QED) is 0.389. The predicted octanol–water partition coefficient (Wildman–Crippen LogP) is 4.98. The summed E-state index contributed by atoms with van der Waals surface area (Å²) in [6.45, 7) is 1.53. The summed E-state index contributed by atoms with van der Waals surface area (Å²) in [5.41, 5.74) is 11.0. The Kier molecular flexibility index (Phi) is 5.33. The van der Waals surface area contributed by atoms with E-state index in [2.05, 4.69) is 32.6 Å². The van der Waals surface area contributed by atoms with E-state index in [1.165, 1.54) is 0 Å². The van der Waals surface area contributed by atoms with Gasteiger partial charge < -0.3 is 20.4 Å². The van der Waals surface area contributed by atoms with E-state index in [-0.39, 0.29) is 18.6 Å². The molecule has 5 aromatic rings. The normalized spacial score (nSPS) is 14.6. The highest BCUT2D eigenvalue weighted by Gasteiger charge is 2.29. The van der Waals surface area contributed by atoms with Gasteiger partial charge in [-0.1, -0.05) is 36.4 Å². The van der Waals surface area contributed by atoms with Crippen molar-refractivity contribution in [2.24, 2.45) is 0 Å². The van der Waals surface area contributed by atoms with E-state index in [0.29, 0.717) is 18.9 Å². The number of piperidine rings is 1. The lowest BCUT2D eigenvalue weighted by Crippen LogP contribution is -2.38. The maximum atomic E-state index is 12.6. The average Bonchev–Trinajstić information content (AvgIpc) is 3.53. The number of aromatic nitrogens is 4. The van der Waals surface area contributed by atoms with Gasteiger partial charge in [0.05, 0.1) is 0 Å². The maximum absolute atomic E-state index is 12.6. The summed E-state index contributed by atoms with van der Waals surface area (Å²) in [7, 11) is 0. The Morgan fingerprint density at radius 3 is 2.77 bits per heavy atom. The van der Waals surface area contributed by atoms with Crippen molar-refractivity contribution in [2.45, 2.75) is 25.4 Å². The monoisotopic (exact) mass is 466 g/mol. The first-order valence-electron chi connectivity index (χ1n) is 11.8. The Morgan fingerprint density at radius 2 is 1.94 bits per heavy atom. The zero-order valence-corrected chi connectivity index (χ0v) is 19.2. The summed E-state index contributed by atoms with van der Waals surface area (Å²) in [6.07, 6.45) is 6.90. The Hall–Kier alpha value is -4.33. The van der Waals surface area contributed by atoms with E-state index in [1.54, 1.807) is 11.1 Å². The van der Waals surface area contributed by atoms with Gasteiger partial charge in [0.2, 0.25) is 0 Å². The third kappa shape index (κ3) is 3.97. The number of rotatable bonds is 4. The fraction of sp³-hybridized carbons (Fsp3) is 0.222. The van der Waals surface area contributed by atoms with E-state index in [0.717, 1.165) is 51.9 Å². The largest absolute Gasteiger partial charge is 0.445 e. The average molecular weight is 467 g/mol. The summed E-state index contributed by atoms with van der Waals surface area (Å²) < 4.78 is 7.59. The van der Waals surface area contributed by atoms with Crippen LogP contribution in [-0.2, 0) is 11.3 Å². The van der Waals surface area contributed by atoms with Gasteiger partial charge in [-0.3, -0.25) is 4.40 Å². The number of imidazole rings is 1. The second-order valence-corrected chi connectivity index (χ2v) is 8.93. The molecule has 176 valence electrons. The Morgan fingerprint density at radius 1 is 1.11 bits per heavy atom. The minimum atomic E-state index is -0.269. The number of carbonyl (C=O) groups excluding carboxylic acids is 1. The highest BCUT2D eigenvalue weighted by molar-refractivity contribution is 5.91. The fourth-order valence-corrected chi connectivity index (χ4v) is 4.91. The molecule has 0 aliphatic carbocycles. The smallest absolute Gasteiger partial charge is 0.410 e. The van der Waals surface area contributed by atoms with Gasteiger partial charge in [-0.2, -0.15) is 0 Å². The van der Waals surface area contributed by atoms with Gasteiger partial charge in [0, 0.05) is 54.1 Å². The van der Waals surface area contributed by atoms with Crippen LogP contribution in [0.4, 0.5) is 10.6 Å². The van der Waals surface area contributed by atoms with Crippen molar-refractivity contribution in [3.8, 4) is 11.3 Å². The van der Waals surface area contributed by atoms with Gasteiger partial charge in [-0.15, -0.1) is 0 Å². The van der Waals surface area contributed by atoms with Crippen molar-refractivity contribution in [3.63, 3.8) is 0 Å². The van der Waals surface area contributed by atoms with Gasteiger partial charge in [0.25, 0.3) is 0 Å². The van der Waals surface area contributed by atoms with Crippen molar-refractivity contribution < 1.29 is 9.53 Å². The van der Waals surface area contributed by atoms with Gasteiger partial charge in [-0.05, 0) is 36.6 Å². The molecule has 1 aliphatic heterocycles. The number of nitrogen functional groups attached to an aromatic ring is 1. The molecule has 8 heteroatoms. The highest BCUT2D eigenvalue weighted by Crippen LogP contribution is 2.35. The summed E-state index contributed by atoms with van der Waals surface area (Å²) >= 11 is 0. The number of benzene rings is 2. The van der Waals surface area contributed by atoms with Crippen LogP contribution in [0.2, 0.25) is 0 Å². The molecule has 1 aliphatic rings. The number of fused-ring (bicyclic) bond motifs is 2. The van der Waals surface area contributed by atoms with Gasteiger partial charge in [0.1, 0.15) is 29.5 Å². The Balaban J connectivity index is 1.23.